The van der Waals surface area contributed by atoms with Crippen LogP contribution in [0.1, 0.15) is 61.5 Å². The van der Waals surface area contributed by atoms with Crippen LogP contribution >= 0.6 is 0 Å². The standard InChI is InChI=1S/C23H27FN6O2/c1-3-30-22-19(13-26-30)21(28-17-8-10-18(29-32)11-9-17)20(12-25-22)23(31)27-14(2)15-4-6-16(24)7-5-15/h4-7,12-14,17-18H,3,8-11H2,1-2H3,(H,25,28)(H,27,31). The van der Waals surface area contributed by atoms with E-state index in [0.717, 1.165) is 36.6 Å². The normalized spacial score (nSPS) is 19.5. The van der Waals surface area contributed by atoms with Crippen LogP contribution in [-0.2, 0) is 6.54 Å². The predicted molar refractivity (Wildman–Crippen MR) is 121 cm³/mol. The van der Waals surface area contributed by atoms with Crippen molar-refractivity contribution in [3.63, 3.8) is 0 Å². The Balaban J connectivity index is 1.62. The largest absolute Gasteiger partial charge is 0.381 e. The van der Waals surface area contributed by atoms with Crippen LogP contribution in [-0.4, -0.2) is 32.8 Å². The number of rotatable bonds is 7. The van der Waals surface area contributed by atoms with Gasteiger partial charge < -0.3 is 10.6 Å². The van der Waals surface area contributed by atoms with E-state index in [1.165, 1.54) is 12.1 Å². The maximum atomic E-state index is 13.2. The summed E-state index contributed by atoms with van der Waals surface area (Å²) in [5.41, 5.74) is 2.64. The predicted octanol–water partition coefficient (Wildman–Crippen LogP) is 4.57. The molecule has 1 aliphatic rings. The average molecular weight is 439 g/mol. The molecule has 32 heavy (non-hydrogen) atoms. The van der Waals surface area contributed by atoms with E-state index in [-0.39, 0.29) is 29.8 Å². The van der Waals surface area contributed by atoms with E-state index in [0.29, 0.717) is 23.4 Å². The third kappa shape index (κ3) is 4.46. The monoisotopic (exact) mass is 438 g/mol. The van der Waals surface area contributed by atoms with Crippen LogP contribution in [0.4, 0.5) is 10.1 Å². The lowest BCUT2D eigenvalue weighted by molar-refractivity contribution is 0.0940. The number of amides is 1. The molecular formula is C23H27FN6O2. The highest BCUT2D eigenvalue weighted by atomic mass is 19.1. The Morgan fingerprint density at radius 3 is 2.59 bits per heavy atom. The third-order valence-corrected chi connectivity index (χ3v) is 6.12. The van der Waals surface area contributed by atoms with Crippen molar-refractivity contribution in [3.05, 3.63) is 58.5 Å². The van der Waals surface area contributed by atoms with Crippen LogP contribution in [0.5, 0.6) is 0 Å². The number of hydrogen-bond acceptors (Lipinski definition) is 6. The summed E-state index contributed by atoms with van der Waals surface area (Å²) in [7, 11) is 0. The minimum absolute atomic E-state index is 0.129. The summed E-state index contributed by atoms with van der Waals surface area (Å²) in [5.74, 6) is -0.591. The topological polar surface area (TPSA) is 101 Å². The van der Waals surface area contributed by atoms with Crippen molar-refractivity contribution in [1.29, 1.82) is 0 Å². The van der Waals surface area contributed by atoms with E-state index in [1.54, 1.807) is 29.2 Å². The third-order valence-electron chi connectivity index (χ3n) is 6.12. The van der Waals surface area contributed by atoms with Gasteiger partial charge in [0.25, 0.3) is 5.91 Å². The summed E-state index contributed by atoms with van der Waals surface area (Å²) in [6.07, 6.45) is 6.36. The first-order valence-corrected chi connectivity index (χ1v) is 11.0. The van der Waals surface area contributed by atoms with Gasteiger partial charge in [0, 0.05) is 18.8 Å². The lowest BCUT2D eigenvalue weighted by atomic mass is 9.91. The zero-order chi connectivity index (χ0) is 22.7. The molecule has 4 rings (SSSR count). The molecule has 1 unspecified atom stereocenters. The van der Waals surface area contributed by atoms with Gasteiger partial charge in [-0.15, -0.1) is 0 Å². The van der Waals surface area contributed by atoms with Crippen molar-refractivity contribution in [2.24, 2.45) is 5.18 Å². The molecule has 8 nitrogen and oxygen atoms in total. The van der Waals surface area contributed by atoms with Gasteiger partial charge in [-0.3, -0.25) is 4.79 Å². The van der Waals surface area contributed by atoms with Gasteiger partial charge in [0.2, 0.25) is 0 Å². The molecule has 0 bridgehead atoms. The van der Waals surface area contributed by atoms with Gasteiger partial charge in [-0.2, -0.15) is 10.0 Å². The smallest absolute Gasteiger partial charge is 0.255 e. The molecule has 1 aromatic carbocycles. The fourth-order valence-corrected chi connectivity index (χ4v) is 4.22. The van der Waals surface area contributed by atoms with Gasteiger partial charge in [0.1, 0.15) is 5.82 Å². The number of benzene rings is 1. The summed E-state index contributed by atoms with van der Waals surface area (Å²) in [5, 5.41) is 14.9. The van der Waals surface area contributed by atoms with Gasteiger partial charge in [0.05, 0.1) is 34.9 Å². The van der Waals surface area contributed by atoms with Crippen molar-refractivity contribution >= 4 is 22.6 Å². The fourth-order valence-electron chi connectivity index (χ4n) is 4.22. The average Bonchev–Trinajstić information content (AvgIpc) is 3.23. The van der Waals surface area contributed by atoms with Crippen LogP contribution in [0.3, 0.4) is 0 Å². The molecule has 2 heterocycles. The molecule has 9 heteroatoms. The Kier molecular flexibility index (Phi) is 6.43. The molecular weight excluding hydrogens is 411 g/mol. The lowest BCUT2D eigenvalue weighted by Gasteiger charge is -2.27. The van der Waals surface area contributed by atoms with Crippen LogP contribution in [0.25, 0.3) is 11.0 Å². The Bertz CT molecular complexity index is 1110. The first-order valence-electron chi connectivity index (χ1n) is 11.0. The number of anilines is 1. The summed E-state index contributed by atoms with van der Waals surface area (Å²) < 4.78 is 15.0. The number of nitrogens with zero attached hydrogens (tertiary/aromatic N) is 4. The minimum Gasteiger partial charge on any atom is -0.381 e. The van der Waals surface area contributed by atoms with Crippen molar-refractivity contribution in [2.45, 2.75) is 64.2 Å². The van der Waals surface area contributed by atoms with E-state index >= 15 is 0 Å². The molecule has 2 N–H and O–H groups in total. The number of pyridine rings is 1. The van der Waals surface area contributed by atoms with Crippen LogP contribution in [0.15, 0.2) is 41.8 Å². The number of nitroso groups, excluding NO2 is 1. The SMILES string of the molecule is CCn1ncc2c(NC3CCC(N=O)CC3)c(C(=O)NC(C)c3ccc(F)cc3)cnc21. The van der Waals surface area contributed by atoms with Crippen LogP contribution in [0.2, 0.25) is 0 Å². The number of fused-ring (bicyclic) bond motifs is 1. The Hall–Kier alpha value is -3.36. The summed E-state index contributed by atoms with van der Waals surface area (Å²) in [4.78, 5) is 28.6. The van der Waals surface area contributed by atoms with Crippen LogP contribution in [0, 0.1) is 10.7 Å². The first-order chi connectivity index (χ1) is 15.5. The van der Waals surface area contributed by atoms with Gasteiger partial charge in [0.15, 0.2) is 5.65 Å². The highest BCUT2D eigenvalue weighted by Crippen LogP contribution is 2.31. The number of aromatic nitrogens is 3. The second-order valence-corrected chi connectivity index (χ2v) is 8.25. The van der Waals surface area contributed by atoms with E-state index in [2.05, 4.69) is 25.9 Å². The molecule has 1 fully saturated rings. The van der Waals surface area contributed by atoms with Crippen molar-refractivity contribution in [3.8, 4) is 0 Å². The van der Waals surface area contributed by atoms with Crippen LogP contribution < -0.4 is 10.6 Å². The van der Waals surface area contributed by atoms with Gasteiger partial charge in [-0.05, 0) is 57.2 Å². The highest BCUT2D eigenvalue weighted by Gasteiger charge is 2.25. The molecule has 168 valence electrons. The molecule has 1 saturated carbocycles. The van der Waals surface area contributed by atoms with Crippen molar-refractivity contribution in [2.75, 3.05) is 5.32 Å². The summed E-state index contributed by atoms with van der Waals surface area (Å²) in [6, 6.07) is 5.76. The van der Waals surface area contributed by atoms with Gasteiger partial charge in [-0.1, -0.05) is 17.3 Å². The molecule has 0 saturated heterocycles. The number of carbonyl (C=O) groups excluding carboxylic acids is 1. The quantitative estimate of drug-likeness (QED) is 0.526. The molecule has 0 radical (unpaired) electrons. The molecule has 2 aromatic heterocycles. The first kappa shape index (κ1) is 21.9. The molecule has 1 atom stereocenters. The number of carbonyl (C=O) groups is 1. The van der Waals surface area contributed by atoms with E-state index in [9.17, 15) is 14.1 Å². The minimum atomic E-state index is -0.319. The van der Waals surface area contributed by atoms with Gasteiger partial charge in [-0.25, -0.2) is 14.1 Å². The second-order valence-electron chi connectivity index (χ2n) is 8.25. The number of aryl methyl sites for hydroxylation is 1. The Morgan fingerprint density at radius 1 is 1.22 bits per heavy atom. The van der Waals surface area contributed by atoms with Crippen molar-refractivity contribution in [1.82, 2.24) is 20.1 Å². The number of halogens is 1. The van der Waals surface area contributed by atoms with E-state index in [1.807, 2.05) is 13.8 Å². The molecule has 0 spiro atoms. The van der Waals surface area contributed by atoms with E-state index < -0.39 is 0 Å². The Morgan fingerprint density at radius 2 is 1.94 bits per heavy atom. The molecule has 0 aliphatic heterocycles. The Labute approximate surface area is 185 Å². The van der Waals surface area contributed by atoms with Gasteiger partial charge >= 0.3 is 0 Å². The highest BCUT2D eigenvalue weighted by molar-refractivity contribution is 6.06. The number of hydrogen-bond donors (Lipinski definition) is 2. The zero-order valence-corrected chi connectivity index (χ0v) is 18.2. The molecule has 3 aromatic rings. The maximum Gasteiger partial charge on any atom is 0.255 e. The van der Waals surface area contributed by atoms with E-state index in [4.69, 9.17) is 0 Å². The zero-order valence-electron chi connectivity index (χ0n) is 18.2. The second kappa shape index (κ2) is 9.42. The molecule has 1 aliphatic carbocycles. The maximum absolute atomic E-state index is 13.2. The summed E-state index contributed by atoms with van der Waals surface area (Å²) in [6.45, 7) is 4.51. The van der Waals surface area contributed by atoms with Crippen molar-refractivity contribution < 1.29 is 9.18 Å². The fraction of sp³-hybridized carbons (Fsp3) is 0.435. The lowest BCUT2D eigenvalue weighted by Crippen LogP contribution is -2.31. The summed E-state index contributed by atoms with van der Waals surface area (Å²) >= 11 is 0. The molecule has 1 amide bonds. The number of nitrogens with one attached hydrogen (secondary N) is 2.